The third-order valence-electron chi connectivity index (χ3n) is 4.02. The minimum absolute atomic E-state index is 0.145. The van der Waals surface area contributed by atoms with Gasteiger partial charge in [-0.1, -0.05) is 35.2 Å². The summed E-state index contributed by atoms with van der Waals surface area (Å²) in [5.74, 6) is 1.40. The maximum atomic E-state index is 10.1. The molecule has 1 aliphatic rings. The number of aromatic hydroxyl groups is 1. The van der Waals surface area contributed by atoms with E-state index in [1.165, 1.54) is 19.3 Å². The molecule has 5 nitrogen and oxygen atoms in total. The van der Waals surface area contributed by atoms with E-state index >= 15 is 0 Å². The van der Waals surface area contributed by atoms with Crippen LogP contribution in [-0.2, 0) is 0 Å². The van der Waals surface area contributed by atoms with Gasteiger partial charge in [0.05, 0.1) is 10.7 Å². The molecule has 0 saturated heterocycles. The number of rotatable bonds is 3. The molecule has 1 aromatic heterocycles. The average Bonchev–Trinajstić information content (AvgIpc) is 2.91. The first-order valence-corrected chi connectivity index (χ1v) is 9.45. The monoisotopic (exact) mass is 458 g/mol. The van der Waals surface area contributed by atoms with E-state index in [4.69, 9.17) is 12.2 Å². The molecule has 0 unspecified atom stereocenters. The largest absolute Gasteiger partial charge is 0.506 e. The zero-order valence-electron chi connectivity index (χ0n) is 12.3. The number of aromatic amines is 1. The number of nitrogens with one attached hydrogen (secondary N) is 1. The normalized spacial score (nSPS) is 16.3. The molecule has 0 radical (unpaired) electrons. The Morgan fingerprint density at radius 3 is 2.78 bits per heavy atom. The highest BCUT2D eigenvalue weighted by Gasteiger charge is 2.21. The number of aromatic nitrogens is 3. The Hall–Kier alpha value is -0.990. The molecule has 122 valence electrons. The number of phenolic OH excluding ortho intramolecular Hbond substituents is 1. The van der Waals surface area contributed by atoms with E-state index in [2.05, 4.69) is 47.2 Å². The molecule has 2 N–H and O–H groups in total. The van der Waals surface area contributed by atoms with Gasteiger partial charge in [-0.15, -0.1) is 0 Å². The van der Waals surface area contributed by atoms with E-state index in [0.29, 0.717) is 20.7 Å². The summed E-state index contributed by atoms with van der Waals surface area (Å²) in [7, 11) is 0. The van der Waals surface area contributed by atoms with Crippen molar-refractivity contribution in [3.8, 4) is 5.75 Å². The van der Waals surface area contributed by atoms with Gasteiger partial charge < -0.3 is 5.11 Å². The minimum atomic E-state index is 0.145. The van der Waals surface area contributed by atoms with Crippen LogP contribution in [0.1, 0.15) is 49.4 Å². The second kappa shape index (κ2) is 7.27. The highest BCUT2D eigenvalue weighted by atomic mass is 79.9. The lowest BCUT2D eigenvalue weighted by atomic mass is 9.89. The van der Waals surface area contributed by atoms with E-state index in [0.717, 1.165) is 23.1 Å². The van der Waals surface area contributed by atoms with Crippen molar-refractivity contribution in [1.29, 1.82) is 0 Å². The van der Waals surface area contributed by atoms with E-state index in [9.17, 15) is 5.11 Å². The Balaban J connectivity index is 1.94. The average molecular weight is 460 g/mol. The van der Waals surface area contributed by atoms with Gasteiger partial charge in [0.1, 0.15) is 5.75 Å². The number of hydrogen-bond acceptors (Lipinski definition) is 4. The van der Waals surface area contributed by atoms with Crippen molar-refractivity contribution in [3.63, 3.8) is 0 Å². The van der Waals surface area contributed by atoms with Gasteiger partial charge in [-0.25, -0.2) is 0 Å². The first-order chi connectivity index (χ1) is 11.1. The topological polar surface area (TPSA) is 66.2 Å². The highest BCUT2D eigenvalue weighted by molar-refractivity contribution is 9.11. The Morgan fingerprint density at radius 1 is 1.30 bits per heavy atom. The Labute approximate surface area is 156 Å². The van der Waals surface area contributed by atoms with Gasteiger partial charge in [0.15, 0.2) is 5.82 Å². The van der Waals surface area contributed by atoms with Crippen molar-refractivity contribution in [3.05, 3.63) is 37.2 Å². The molecule has 23 heavy (non-hydrogen) atoms. The standard InChI is InChI=1S/C15H16Br2N4OS/c16-11-6-10(13(22)12(17)7-11)8-18-21-14(19-20-15(21)23)9-4-2-1-3-5-9/h6-9,22H,1-5H2,(H,20,23)/b18-8+. The van der Waals surface area contributed by atoms with Crippen LogP contribution >= 0.6 is 44.1 Å². The van der Waals surface area contributed by atoms with Crippen LogP contribution < -0.4 is 0 Å². The van der Waals surface area contributed by atoms with Gasteiger partial charge >= 0.3 is 0 Å². The predicted octanol–water partition coefficient (Wildman–Crippen LogP) is 5.10. The number of hydrogen-bond donors (Lipinski definition) is 2. The fraction of sp³-hybridized carbons (Fsp3) is 0.400. The Bertz CT molecular complexity index is 793. The molecule has 1 aliphatic carbocycles. The van der Waals surface area contributed by atoms with Crippen molar-refractivity contribution in [2.24, 2.45) is 5.10 Å². The molecule has 0 aliphatic heterocycles. The van der Waals surface area contributed by atoms with Crippen molar-refractivity contribution >= 4 is 50.3 Å². The van der Waals surface area contributed by atoms with Crippen LogP contribution in [0, 0.1) is 4.77 Å². The quantitative estimate of drug-likeness (QED) is 0.495. The molecule has 1 heterocycles. The number of phenols is 1. The summed E-state index contributed by atoms with van der Waals surface area (Å²) in [5.41, 5.74) is 0.601. The van der Waals surface area contributed by atoms with E-state index in [1.54, 1.807) is 23.0 Å². The molecule has 8 heteroatoms. The first kappa shape index (κ1) is 16.9. The Kier molecular flexibility index (Phi) is 5.33. The number of H-pyrrole nitrogens is 1. The minimum Gasteiger partial charge on any atom is -0.506 e. The zero-order chi connectivity index (χ0) is 16.4. The molecule has 0 spiro atoms. The number of nitrogens with zero attached hydrogens (tertiary/aromatic N) is 3. The molecule has 1 fully saturated rings. The van der Waals surface area contributed by atoms with Crippen LogP contribution in [-0.4, -0.2) is 26.2 Å². The van der Waals surface area contributed by atoms with Gasteiger partial charge in [-0.2, -0.15) is 14.9 Å². The number of benzene rings is 1. The summed E-state index contributed by atoms with van der Waals surface area (Å²) in [6.07, 6.45) is 7.54. The second-order valence-corrected chi connectivity index (χ2v) is 7.76. The lowest BCUT2D eigenvalue weighted by Crippen LogP contribution is -2.10. The van der Waals surface area contributed by atoms with Crippen molar-refractivity contribution < 1.29 is 5.11 Å². The van der Waals surface area contributed by atoms with Gasteiger partial charge in [-0.3, -0.25) is 5.10 Å². The first-order valence-electron chi connectivity index (χ1n) is 7.46. The zero-order valence-corrected chi connectivity index (χ0v) is 16.3. The third kappa shape index (κ3) is 3.75. The highest BCUT2D eigenvalue weighted by Crippen LogP contribution is 2.32. The van der Waals surface area contributed by atoms with E-state index < -0.39 is 0 Å². The van der Waals surface area contributed by atoms with Gasteiger partial charge in [0.2, 0.25) is 4.77 Å². The van der Waals surface area contributed by atoms with Gasteiger partial charge in [-0.05, 0) is 53.1 Å². The van der Waals surface area contributed by atoms with Crippen LogP contribution in [0.4, 0.5) is 0 Å². The molecule has 0 atom stereocenters. The maximum absolute atomic E-state index is 10.1. The van der Waals surface area contributed by atoms with E-state index in [-0.39, 0.29) is 5.75 Å². The van der Waals surface area contributed by atoms with Gasteiger partial charge in [0, 0.05) is 16.0 Å². The summed E-state index contributed by atoms with van der Waals surface area (Å²) >= 11 is 12.0. The molecule has 3 rings (SSSR count). The van der Waals surface area contributed by atoms with Crippen LogP contribution in [0.2, 0.25) is 0 Å². The third-order valence-corrected chi connectivity index (χ3v) is 5.34. The molecule has 2 aromatic rings. The fourth-order valence-corrected chi connectivity index (χ4v) is 4.29. The molecule has 1 aromatic carbocycles. The van der Waals surface area contributed by atoms with Crippen molar-refractivity contribution in [1.82, 2.24) is 14.9 Å². The van der Waals surface area contributed by atoms with E-state index in [1.807, 2.05) is 0 Å². The van der Waals surface area contributed by atoms with Crippen molar-refractivity contribution in [2.75, 3.05) is 0 Å². The summed E-state index contributed by atoms with van der Waals surface area (Å²) < 4.78 is 3.60. The molecule has 0 amide bonds. The maximum Gasteiger partial charge on any atom is 0.216 e. The lowest BCUT2D eigenvalue weighted by molar-refractivity contribution is 0.419. The summed E-state index contributed by atoms with van der Waals surface area (Å²) in [6, 6.07) is 3.58. The molecular weight excluding hydrogens is 444 g/mol. The predicted molar refractivity (Wildman–Crippen MR) is 99.7 cm³/mol. The summed E-state index contributed by atoms with van der Waals surface area (Å²) in [5, 5.41) is 21.8. The smallest absolute Gasteiger partial charge is 0.216 e. The van der Waals surface area contributed by atoms with Crippen LogP contribution in [0.15, 0.2) is 26.2 Å². The molecular formula is C15H16Br2N4OS. The van der Waals surface area contributed by atoms with Crippen molar-refractivity contribution in [2.45, 2.75) is 38.0 Å². The SMILES string of the molecule is Oc1c(Br)cc(Br)cc1/C=N/n1c(C2CCCCC2)n[nH]c1=S. The second-order valence-electron chi connectivity index (χ2n) is 5.60. The Morgan fingerprint density at radius 2 is 2.04 bits per heavy atom. The number of halogens is 2. The molecule has 0 bridgehead atoms. The van der Waals surface area contributed by atoms with Gasteiger partial charge in [0.25, 0.3) is 0 Å². The fourth-order valence-electron chi connectivity index (χ4n) is 2.84. The summed E-state index contributed by atoms with van der Waals surface area (Å²) in [4.78, 5) is 0. The lowest BCUT2D eigenvalue weighted by Gasteiger charge is -2.19. The summed E-state index contributed by atoms with van der Waals surface area (Å²) in [6.45, 7) is 0. The molecule has 1 saturated carbocycles. The van der Waals surface area contributed by atoms with Crippen LogP contribution in [0.25, 0.3) is 0 Å². The van der Waals surface area contributed by atoms with Crippen LogP contribution in [0.5, 0.6) is 5.75 Å². The van der Waals surface area contributed by atoms with Crippen LogP contribution in [0.3, 0.4) is 0 Å².